The van der Waals surface area contributed by atoms with Crippen molar-refractivity contribution in [2.24, 2.45) is 0 Å². The van der Waals surface area contributed by atoms with E-state index < -0.39 is 0 Å². The van der Waals surface area contributed by atoms with Crippen LogP contribution in [0.25, 0.3) is 0 Å². The molecule has 3 N–H and O–H groups in total. The zero-order chi connectivity index (χ0) is 18.7. The van der Waals surface area contributed by atoms with E-state index in [1.54, 1.807) is 0 Å². The number of amides is 2. The third-order valence-electron chi connectivity index (χ3n) is 3.87. The Morgan fingerprint density at radius 1 is 0.880 bits per heavy atom. The fraction of sp³-hybridized carbons (Fsp3) is 0.579. The summed E-state index contributed by atoms with van der Waals surface area (Å²) in [7, 11) is 0. The van der Waals surface area contributed by atoms with Crippen molar-refractivity contribution < 1.29 is 14.7 Å². The van der Waals surface area contributed by atoms with Crippen molar-refractivity contribution in [3.05, 3.63) is 17.2 Å². The normalized spacial score (nSPS) is 10.5. The highest BCUT2D eigenvalue weighted by Gasteiger charge is 2.12. The van der Waals surface area contributed by atoms with Gasteiger partial charge in [0.1, 0.15) is 5.75 Å². The largest absolute Gasteiger partial charge is 0.506 e. The molecule has 140 valence electrons. The van der Waals surface area contributed by atoms with Gasteiger partial charge in [-0.1, -0.05) is 57.6 Å². The van der Waals surface area contributed by atoms with E-state index >= 15 is 0 Å². The molecule has 0 aliphatic carbocycles. The summed E-state index contributed by atoms with van der Waals surface area (Å²) in [5, 5.41) is 15.6. The first-order valence-corrected chi connectivity index (χ1v) is 9.47. The molecular formula is C19H29ClN2O3. The topological polar surface area (TPSA) is 78.4 Å². The Morgan fingerprint density at radius 3 is 2.16 bits per heavy atom. The summed E-state index contributed by atoms with van der Waals surface area (Å²) in [5.41, 5.74) is 0.598. The molecule has 6 heteroatoms. The molecule has 0 saturated heterocycles. The number of hydrogen-bond donors (Lipinski definition) is 3. The zero-order valence-electron chi connectivity index (χ0n) is 15.2. The lowest BCUT2D eigenvalue weighted by molar-refractivity contribution is -0.117. The number of phenols is 1. The molecule has 0 spiro atoms. The van der Waals surface area contributed by atoms with Gasteiger partial charge in [0.05, 0.1) is 16.4 Å². The number of aromatic hydroxyl groups is 1. The molecule has 0 fully saturated rings. The highest BCUT2D eigenvalue weighted by Crippen LogP contribution is 2.34. The van der Waals surface area contributed by atoms with Gasteiger partial charge in [0.2, 0.25) is 11.8 Å². The summed E-state index contributed by atoms with van der Waals surface area (Å²) < 4.78 is 0. The number of hydrogen-bond acceptors (Lipinski definition) is 3. The predicted molar refractivity (Wildman–Crippen MR) is 103 cm³/mol. The van der Waals surface area contributed by atoms with Crippen LogP contribution in [0.4, 0.5) is 11.4 Å². The van der Waals surface area contributed by atoms with Gasteiger partial charge in [0.15, 0.2) is 0 Å². The predicted octanol–water partition coefficient (Wildman–Crippen LogP) is 5.47. The number of anilines is 2. The van der Waals surface area contributed by atoms with Crippen LogP contribution in [-0.4, -0.2) is 16.9 Å². The number of rotatable bonds is 11. The summed E-state index contributed by atoms with van der Waals surface area (Å²) in [6, 6.07) is 2.81. The highest BCUT2D eigenvalue weighted by molar-refractivity contribution is 6.34. The molecule has 0 aliphatic rings. The Bertz CT molecular complexity index is 576. The minimum atomic E-state index is -0.186. The van der Waals surface area contributed by atoms with Gasteiger partial charge in [-0.25, -0.2) is 0 Å². The lowest BCUT2D eigenvalue weighted by atomic mass is 10.1. The van der Waals surface area contributed by atoms with E-state index in [1.165, 1.54) is 31.4 Å². The van der Waals surface area contributed by atoms with Crippen LogP contribution in [0.3, 0.4) is 0 Å². The van der Waals surface area contributed by atoms with Crippen LogP contribution in [0.5, 0.6) is 5.75 Å². The Hall–Kier alpha value is -1.75. The number of unbranched alkanes of at least 4 members (excludes halogenated alkanes) is 5. The Kier molecular flexibility index (Phi) is 10.0. The van der Waals surface area contributed by atoms with Crippen LogP contribution in [-0.2, 0) is 9.59 Å². The smallest absolute Gasteiger partial charge is 0.224 e. The quantitative estimate of drug-likeness (QED) is 0.357. The Morgan fingerprint density at radius 2 is 1.48 bits per heavy atom. The molecule has 0 bridgehead atoms. The van der Waals surface area contributed by atoms with Gasteiger partial charge >= 0.3 is 0 Å². The summed E-state index contributed by atoms with van der Waals surface area (Å²) in [6.07, 6.45) is 8.19. The molecule has 0 aromatic heterocycles. The van der Waals surface area contributed by atoms with E-state index in [1.807, 2.05) is 6.92 Å². The summed E-state index contributed by atoms with van der Waals surface area (Å²) in [4.78, 5) is 23.6. The second kappa shape index (κ2) is 11.7. The molecule has 0 aliphatic heterocycles. The van der Waals surface area contributed by atoms with Crippen molar-refractivity contribution in [3.8, 4) is 5.75 Å². The number of carbonyl (C=O) groups is 2. The molecule has 0 unspecified atom stereocenters. The second-order valence-electron chi connectivity index (χ2n) is 6.21. The molecule has 25 heavy (non-hydrogen) atoms. The number of benzene rings is 1. The first kappa shape index (κ1) is 21.3. The minimum Gasteiger partial charge on any atom is -0.506 e. The molecule has 0 radical (unpaired) electrons. The summed E-state index contributed by atoms with van der Waals surface area (Å²) in [5.74, 6) is -0.433. The maximum atomic E-state index is 12.0. The molecule has 5 nitrogen and oxygen atoms in total. The molecule has 1 aromatic carbocycles. The molecule has 1 rings (SSSR count). The summed E-state index contributed by atoms with van der Waals surface area (Å²) >= 11 is 6.15. The van der Waals surface area contributed by atoms with E-state index in [0.29, 0.717) is 24.9 Å². The first-order chi connectivity index (χ1) is 12.0. The SMILES string of the molecule is CCCCCCCCC(=O)Nc1cc(O)c(NC(=O)CCC)cc1Cl. The van der Waals surface area contributed by atoms with E-state index in [9.17, 15) is 14.7 Å². The van der Waals surface area contributed by atoms with Gasteiger partial charge in [-0.05, 0) is 18.9 Å². The van der Waals surface area contributed by atoms with Crippen LogP contribution in [0, 0.1) is 0 Å². The third-order valence-corrected chi connectivity index (χ3v) is 4.18. The van der Waals surface area contributed by atoms with E-state index in [4.69, 9.17) is 11.6 Å². The molecule has 0 heterocycles. The van der Waals surface area contributed by atoms with Crippen molar-refractivity contribution in [1.82, 2.24) is 0 Å². The van der Waals surface area contributed by atoms with Crippen molar-refractivity contribution >= 4 is 34.8 Å². The van der Waals surface area contributed by atoms with E-state index in [2.05, 4.69) is 17.6 Å². The van der Waals surface area contributed by atoms with E-state index in [-0.39, 0.29) is 28.3 Å². The molecule has 0 atom stereocenters. The van der Waals surface area contributed by atoms with Crippen molar-refractivity contribution in [2.75, 3.05) is 10.6 Å². The zero-order valence-corrected chi connectivity index (χ0v) is 15.9. The molecule has 1 aromatic rings. The summed E-state index contributed by atoms with van der Waals surface area (Å²) in [6.45, 7) is 4.07. The lowest BCUT2D eigenvalue weighted by Gasteiger charge is -2.12. The van der Waals surface area contributed by atoms with Crippen LogP contribution in [0.1, 0.15) is 71.6 Å². The highest BCUT2D eigenvalue weighted by atomic mass is 35.5. The van der Waals surface area contributed by atoms with Crippen molar-refractivity contribution in [3.63, 3.8) is 0 Å². The van der Waals surface area contributed by atoms with Gasteiger partial charge in [-0.15, -0.1) is 0 Å². The number of nitrogens with one attached hydrogen (secondary N) is 2. The lowest BCUT2D eigenvalue weighted by Crippen LogP contribution is -2.13. The van der Waals surface area contributed by atoms with Crippen LogP contribution in [0.2, 0.25) is 5.02 Å². The van der Waals surface area contributed by atoms with Gasteiger partial charge in [-0.2, -0.15) is 0 Å². The van der Waals surface area contributed by atoms with Crippen molar-refractivity contribution in [1.29, 1.82) is 0 Å². The van der Waals surface area contributed by atoms with Crippen LogP contribution >= 0.6 is 11.6 Å². The first-order valence-electron chi connectivity index (χ1n) is 9.10. The second-order valence-corrected chi connectivity index (χ2v) is 6.62. The maximum absolute atomic E-state index is 12.0. The third kappa shape index (κ3) is 8.25. The average molecular weight is 369 g/mol. The molecule has 2 amide bonds. The van der Waals surface area contributed by atoms with Gasteiger partial charge in [0, 0.05) is 18.9 Å². The number of carbonyl (C=O) groups excluding carboxylic acids is 2. The average Bonchev–Trinajstić information content (AvgIpc) is 2.55. The van der Waals surface area contributed by atoms with Crippen LogP contribution < -0.4 is 10.6 Å². The van der Waals surface area contributed by atoms with Crippen molar-refractivity contribution in [2.45, 2.75) is 71.6 Å². The number of halogens is 1. The van der Waals surface area contributed by atoms with Gasteiger partial charge < -0.3 is 15.7 Å². The standard InChI is InChI=1S/C19H29ClN2O3/c1-3-5-6-7-8-9-11-19(25)21-15-13-17(23)16(12-14(15)20)22-18(24)10-4-2/h12-13,23H,3-11H2,1-2H3,(H,21,25)(H,22,24). The monoisotopic (exact) mass is 368 g/mol. The number of phenolic OH excluding ortho intramolecular Hbond substituents is 1. The maximum Gasteiger partial charge on any atom is 0.224 e. The van der Waals surface area contributed by atoms with Crippen LogP contribution in [0.15, 0.2) is 12.1 Å². The molecular weight excluding hydrogens is 340 g/mol. The van der Waals surface area contributed by atoms with Gasteiger partial charge in [0.25, 0.3) is 0 Å². The fourth-order valence-electron chi connectivity index (χ4n) is 2.48. The Balaban J connectivity index is 2.51. The minimum absolute atomic E-state index is 0.122. The fourth-order valence-corrected chi connectivity index (χ4v) is 2.69. The van der Waals surface area contributed by atoms with Gasteiger partial charge in [-0.3, -0.25) is 9.59 Å². The van der Waals surface area contributed by atoms with E-state index in [0.717, 1.165) is 19.3 Å². The molecule has 0 saturated carbocycles. The Labute approximate surface area is 155 Å².